The van der Waals surface area contributed by atoms with Crippen LogP contribution in [0.15, 0.2) is 41.8 Å². The number of hydrogen-bond donors (Lipinski definition) is 0. The van der Waals surface area contributed by atoms with E-state index in [1.165, 1.54) is 22.6 Å². The third-order valence-electron chi connectivity index (χ3n) is 5.93. The van der Waals surface area contributed by atoms with Gasteiger partial charge in [-0.05, 0) is 36.1 Å². The molecule has 2 aliphatic heterocycles. The van der Waals surface area contributed by atoms with E-state index in [0.717, 1.165) is 24.5 Å². The molecule has 0 saturated heterocycles. The molecular formula is C21H21NO4S. The highest BCUT2D eigenvalue weighted by Gasteiger charge is 2.54. The lowest BCUT2D eigenvalue weighted by Crippen LogP contribution is -2.47. The molecule has 3 atom stereocenters. The van der Waals surface area contributed by atoms with Crippen LogP contribution in [0.1, 0.15) is 28.1 Å². The van der Waals surface area contributed by atoms with Crippen molar-refractivity contribution in [3.63, 3.8) is 0 Å². The Balaban J connectivity index is 1.49. The highest BCUT2D eigenvalue weighted by molar-refractivity contribution is 7.11. The molecule has 0 amide bonds. The predicted octanol–water partition coefficient (Wildman–Crippen LogP) is 3.78. The molecule has 5 rings (SSSR count). The van der Waals surface area contributed by atoms with Crippen LogP contribution < -0.4 is 14.4 Å². The first-order chi connectivity index (χ1) is 13.1. The minimum atomic E-state index is -0.279. The maximum Gasteiger partial charge on any atom is 0.348 e. The topological polar surface area (TPSA) is 48.0 Å². The van der Waals surface area contributed by atoms with E-state index in [0.29, 0.717) is 11.3 Å². The molecule has 1 aromatic carbocycles. The molecular weight excluding hydrogens is 362 g/mol. The second kappa shape index (κ2) is 6.02. The average molecular weight is 383 g/mol. The minimum absolute atomic E-state index is 0.0533. The Morgan fingerprint density at radius 3 is 3.04 bits per heavy atom. The molecule has 2 aromatic rings. The molecule has 0 saturated carbocycles. The Kier molecular flexibility index (Phi) is 3.72. The maximum absolute atomic E-state index is 12.3. The van der Waals surface area contributed by atoms with Gasteiger partial charge in [-0.1, -0.05) is 12.1 Å². The molecule has 1 aromatic heterocycles. The minimum Gasteiger partial charge on any atom is -0.493 e. The van der Waals surface area contributed by atoms with Gasteiger partial charge in [0.1, 0.15) is 17.1 Å². The van der Waals surface area contributed by atoms with Crippen molar-refractivity contribution in [3.05, 3.63) is 52.2 Å². The van der Waals surface area contributed by atoms with Gasteiger partial charge >= 0.3 is 5.97 Å². The monoisotopic (exact) mass is 383 g/mol. The van der Waals surface area contributed by atoms with Gasteiger partial charge in [-0.15, -0.1) is 11.3 Å². The highest BCUT2D eigenvalue weighted by atomic mass is 32.1. The highest BCUT2D eigenvalue weighted by Crippen LogP contribution is 2.58. The second-order valence-corrected chi connectivity index (χ2v) is 8.27. The van der Waals surface area contributed by atoms with Crippen molar-refractivity contribution in [2.75, 3.05) is 25.6 Å². The van der Waals surface area contributed by atoms with E-state index in [4.69, 9.17) is 14.2 Å². The summed E-state index contributed by atoms with van der Waals surface area (Å²) in [6.07, 6.45) is 5.53. The lowest BCUT2D eigenvalue weighted by molar-refractivity contribution is 0.0226. The molecule has 5 nitrogen and oxygen atoms in total. The Hall–Kier alpha value is -2.47. The Bertz CT molecular complexity index is 923. The summed E-state index contributed by atoms with van der Waals surface area (Å²) in [6.45, 7) is 0.961. The van der Waals surface area contributed by atoms with Crippen molar-refractivity contribution in [2.45, 2.75) is 30.5 Å². The smallest absolute Gasteiger partial charge is 0.348 e. The normalized spacial score (nSPS) is 27.6. The van der Waals surface area contributed by atoms with Crippen molar-refractivity contribution in [1.29, 1.82) is 0 Å². The molecule has 6 heteroatoms. The van der Waals surface area contributed by atoms with E-state index in [-0.39, 0.29) is 23.6 Å². The standard InChI is InChI=1S/C21H21NO4S/c1-22-10-9-21-8-7-13(25-20(23)16-4-3-11-27-16)12-17(21)26-19-15(24-2)6-5-14(22)18(19)21/h3-8,11,13,17H,9-10,12H2,1-2H3/t13-,17?,21-/m0/s1. The van der Waals surface area contributed by atoms with Gasteiger partial charge < -0.3 is 19.1 Å². The molecule has 1 unspecified atom stereocenters. The second-order valence-electron chi connectivity index (χ2n) is 7.33. The summed E-state index contributed by atoms with van der Waals surface area (Å²) >= 11 is 1.40. The van der Waals surface area contributed by atoms with Crippen LogP contribution in [0.5, 0.6) is 11.5 Å². The van der Waals surface area contributed by atoms with Crippen LogP contribution in [0.4, 0.5) is 5.69 Å². The number of carbonyl (C=O) groups is 1. The van der Waals surface area contributed by atoms with Crippen molar-refractivity contribution in [3.8, 4) is 11.5 Å². The van der Waals surface area contributed by atoms with Crippen molar-refractivity contribution >= 4 is 23.0 Å². The Morgan fingerprint density at radius 1 is 1.37 bits per heavy atom. The number of rotatable bonds is 3. The summed E-state index contributed by atoms with van der Waals surface area (Å²) < 4.78 is 17.7. The SMILES string of the molecule is COc1ccc2c3c1OC1C[C@@H](OC(=O)c4cccs4)C=C[C@@]31CCN2C. The number of hydrogen-bond acceptors (Lipinski definition) is 6. The number of benzene rings is 1. The number of anilines is 1. The van der Waals surface area contributed by atoms with Crippen molar-refractivity contribution in [2.24, 2.45) is 0 Å². The van der Waals surface area contributed by atoms with Gasteiger partial charge in [0.15, 0.2) is 11.5 Å². The van der Waals surface area contributed by atoms with E-state index >= 15 is 0 Å². The summed E-state index contributed by atoms with van der Waals surface area (Å²) in [5, 5.41) is 1.88. The van der Waals surface area contributed by atoms with Crippen LogP contribution >= 0.6 is 11.3 Å². The van der Waals surface area contributed by atoms with E-state index in [9.17, 15) is 4.79 Å². The quantitative estimate of drug-likeness (QED) is 0.596. The number of esters is 1. The van der Waals surface area contributed by atoms with Gasteiger partial charge in [0.2, 0.25) is 0 Å². The van der Waals surface area contributed by atoms with Gasteiger partial charge in [-0.2, -0.15) is 0 Å². The summed E-state index contributed by atoms with van der Waals surface area (Å²) in [6, 6.07) is 7.73. The third kappa shape index (κ3) is 2.39. The zero-order valence-corrected chi connectivity index (χ0v) is 16.1. The first kappa shape index (κ1) is 16.7. The Morgan fingerprint density at radius 2 is 2.26 bits per heavy atom. The molecule has 1 aliphatic carbocycles. The fourth-order valence-electron chi connectivity index (χ4n) is 4.55. The summed E-state index contributed by atoms with van der Waals surface area (Å²) in [7, 11) is 3.78. The first-order valence-electron chi connectivity index (χ1n) is 9.15. The molecule has 0 fully saturated rings. The molecule has 3 heterocycles. The van der Waals surface area contributed by atoms with E-state index in [2.05, 4.69) is 24.1 Å². The number of nitrogens with zero attached hydrogens (tertiary/aromatic N) is 1. The van der Waals surface area contributed by atoms with Crippen LogP contribution in [0.2, 0.25) is 0 Å². The van der Waals surface area contributed by atoms with Gasteiger partial charge in [-0.25, -0.2) is 4.79 Å². The van der Waals surface area contributed by atoms with Crippen LogP contribution in [0, 0.1) is 0 Å². The summed E-state index contributed by atoms with van der Waals surface area (Å²) in [5.74, 6) is 1.33. The zero-order chi connectivity index (χ0) is 18.6. The number of ether oxygens (including phenoxy) is 3. The van der Waals surface area contributed by atoms with Crippen LogP contribution in [0.25, 0.3) is 0 Å². The molecule has 3 aliphatic rings. The van der Waals surface area contributed by atoms with Crippen LogP contribution in [0.3, 0.4) is 0 Å². The van der Waals surface area contributed by atoms with E-state index in [1.54, 1.807) is 13.2 Å². The Labute approximate surface area is 162 Å². The zero-order valence-electron chi connectivity index (χ0n) is 15.3. The molecule has 1 spiro atoms. The van der Waals surface area contributed by atoms with Gasteiger partial charge in [0.05, 0.1) is 12.5 Å². The lowest BCUT2D eigenvalue weighted by Gasteiger charge is -2.42. The average Bonchev–Trinajstić information content (AvgIpc) is 3.32. The number of thiophene rings is 1. The number of methoxy groups -OCH3 is 1. The number of carbonyl (C=O) groups excluding carboxylic acids is 1. The molecule has 0 bridgehead atoms. The molecule has 0 radical (unpaired) electrons. The van der Waals surface area contributed by atoms with Gasteiger partial charge in [0.25, 0.3) is 0 Å². The molecule has 0 N–H and O–H groups in total. The molecule has 27 heavy (non-hydrogen) atoms. The van der Waals surface area contributed by atoms with Crippen LogP contribution in [-0.4, -0.2) is 38.9 Å². The van der Waals surface area contributed by atoms with Crippen molar-refractivity contribution < 1.29 is 19.0 Å². The third-order valence-corrected chi connectivity index (χ3v) is 6.78. The maximum atomic E-state index is 12.3. The fraction of sp³-hybridized carbons (Fsp3) is 0.381. The van der Waals surface area contributed by atoms with Crippen LogP contribution in [-0.2, 0) is 10.2 Å². The lowest BCUT2D eigenvalue weighted by atomic mass is 9.67. The largest absolute Gasteiger partial charge is 0.493 e. The van der Waals surface area contributed by atoms with Gasteiger partial charge in [0, 0.05) is 31.3 Å². The van der Waals surface area contributed by atoms with E-state index in [1.807, 2.05) is 23.6 Å². The van der Waals surface area contributed by atoms with Crippen molar-refractivity contribution in [1.82, 2.24) is 0 Å². The fourth-order valence-corrected chi connectivity index (χ4v) is 5.15. The first-order valence-corrected chi connectivity index (χ1v) is 10.0. The van der Waals surface area contributed by atoms with E-state index < -0.39 is 0 Å². The predicted molar refractivity (Wildman–Crippen MR) is 104 cm³/mol. The molecule has 140 valence electrons. The summed E-state index contributed by atoms with van der Waals surface area (Å²) in [4.78, 5) is 15.2. The van der Waals surface area contributed by atoms with Gasteiger partial charge in [-0.3, -0.25) is 0 Å². The summed E-state index contributed by atoms with van der Waals surface area (Å²) in [5.41, 5.74) is 2.23.